The van der Waals surface area contributed by atoms with Gasteiger partial charge in [0.25, 0.3) is 5.69 Å². The molecule has 0 spiro atoms. The van der Waals surface area contributed by atoms with E-state index in [1.54, 1.807) is 6.07 Å². The molecule has 0 aromatic heterocycles. The van der Waals surface area contributed by atoms with Gasteiger partial charge in [-0.3, -0.25) is 10.1 Å². The number of ether oxygens (including phenoxy) is 1. The smallest absolute Gasteiger partial charge is 0.293 e. The Morgan fingerprint density at radius 2 is 1.73 bits per heavy atom. The molecule has 0 amide bonds. The summed E-state index contributed by atoms with van der Waals surface area (Å²) >= 11 is 0. The lowest BCUT2D eigenvalue weighted by Crippen LogP contribution is -2.11. The van der Waals surface area contributed by atoms with Crippen LogP contribution >= 0.6 is 0 Å². The SMILES string of the molecule is COc1ccc(C(C)(C)C)cc1Nc1ccc(S(C)(=O)=O)cc1[N+](=O)[O-]. The fourth-order valence-corrected chi connectivity index (χ4v) is 3.06. The van der Waals surface area contributed by atoms with Gasteiger partial charge in [-0.05, 0) is 35.2 Å². The van der Waals surface area contributed by atoms with Crippen LogP contribution in [0.1, 0.15) is 26.3 Å². The number of nitro benzene ring substituents is 1. The van der Waals surface area contributed by atoms with E-state index in [-0.39, 0.29) is 21.7 Å². The lowest BCUT2D eigenvalue weighted by atomic mass is 9.87. The molecule has 0 bridgehead atoms. The van der Waals surface area contributed by atoms with E-state index in [9.17, 15) is 18.5 Å². The maximum absolute atomic E-state index is 11.7. The first-order valence-corrected chi connectivity index (χ1v) is 9.76. The van der Waals surface area contributed by atoms with Gasteiger partial charge in [0.15, 0.2) is 9.84 Å². The first-order valence-electron chi connectivity index (χ1n) is 7.87. The van der Waals surface area contributed by atoms with E-state index in [0.717, 1.165) is 17.9 Å². The maximum atomic E-state index is 11.7. The quantitative estimate of drug-likeness (QED) is 0.622. The van der Waals surface area contributed by atoms with Crippen LogP contribution in [-0.4, -0.2) is 26.7 Å². The molecule has 0 saturated carbocycles. The molecule has 0 atom stereocenters. The van der Waals surface area contributed by atoms with E-state index in [2.05, 4.69) is 26.1 Å². The zero-order valence-corrected chi connectivity index (χ0v) is 16.2. The Kier molecular flexibility index (Phi) is 5.27. The van der Waals surface area contributed by atoms with E-state index >= 15 is 0 Å². The molecule has 0 fully saturated rings. The van der Waals surface area contributed by atoms with Crippen molar-refractivity contribution < 1.29 is 18.1 Å². The van der Waals surface area contributed by atoms with Crippen molar-refractivity contribution in [2.24, 2.45) is 0 Å². The second-order valence-electron chi connectivity index (χ2n) is 7.00. The van der Waals surface area contributed by atoms with Crippen LogP contribution in [0.15, 0.2) is 41.3 Å². The van der Waals surface area contributed by atoms with Gasteiger partial charge in [0, 0.05) is 12.3 Å². The number of rotatable bonds is 5. The van der Waals surface area contributed by atoms with Crippen molar-refractivity contribution in [2.75, 3.05) is 18.7 Å². The Labute approximate surface area is 153 Å². The molecule has 26 heavy (non-hydrogen) atoms. The monoisotopic (exact) mass is 378 g/mol. The molecule has 0 aliphatic rings. The predicted octanol–water partition coefficient (Wildman–Crippen LogP) is 4.05. The predicted molar refractivity (Wildman–Crippen MR) is 101 cm³/mol. The molecule has 0 aliphatic heterocycles. The number of benzene rings is 2. The summed E-state index contributed by atoms with van der Waals surface area (Å²) < 4.78 is 28.7. The second kappa shape index (κ2) is 6.95. The Balaban J connectivity index is 2.56. The highest BCUT2D eigenvalue weighted by atomic mass is 32.2. The molecule has 8 heteroatoms. The molecule has 0 unspecified atom stereocenters. The van der Waals surface area contributed by atoms with Gasteiger partial charge in [-0.25, -0.2) is 8.42 Å². The maximum Gasteiger partial charge on any atom is 0.293 e. The molecule has 0 heterocycles. The van der Waals surface area contributed by atoms with Crippen molar-refractivity contribution in [2.45, 2.75) is 31.1 Å². The molecule has 0 aliphatic carbocycles. The number of anilines is 2. The number of nitro groups is 1. The molecule has 0 saturated heterocycles. The largest absolute Gasteiger partial charge is 0.495 e. The molecule has 2 aromatic rings. The zero-order valence-electron chi connectivity index (χ0n) is 15.4. The number of nitrogens with one attached hydrogen (secondary N) is 1. The van der Waals surface area contributed by atoms with Crippen molar-refractivity contribution in [1.82, 2.24) is 0 Å². The van der Waals surface area contributed by atoms with Crippen molar-refractivity contribution in [3.63, 3.8) is 0 Å². The highest BCUT2D eigenvalue weighted by Gasteiger charge is 2.21. The normalized spacial score (nSPS) is 11.9. The summed E-state index contributed by atoms with van der Waals surface area (Å²) in [4.78, 5) is 10.7. The fraction of sp³-hybridized carbons (Fsp3) is 0.333. The Morgan fingerprint density at radius 3 is 2.23 bits per heavy atom. The second-order valence-corrected chi connectivity index (χ2v) is 9.01. The van der Waals surface area contributed by atoms with Gasteiger partial charge in [-0.15, -0.1) is 0 Å². The average molecular weight is 378 g/mol. The van der Waals surface area contributed by atoms with Crippen molar-refractivity contribution in [3.8, 4) is 5.75 Å². The molecule has 1 N–H and O–H groups in total. The Bertz CT molecular complexity index is 947. The van der Waals surface area contributed by atoms with Gasteiger partial charge in [0.05, 0.1) is 22.6 Å². The Morgan fingerprint density at radius 1 is 1.08 bits per heavy atom. The van der Waals surface area contributed by atoms with E-state index in [1.165, 1.54) is 19.2 Å². The van der Waals surface area contributed by atoms with Crippen LogP contribution in [0.3, 0.4) is 0 Å². The van der Waals surface area contributed by atoms with Gasteiger partial charge < -0.3 is 10.1 Å². The van der Waals surface area contributed by atoms with Crippen LogP contribution in [0, 0.1) is 10.1 Å². The van der Waals surface area contributed by atoms with Crippen LogP contribution < -0.4 is 10.1 Å². The summed E-state index contributed by atoms with van der Waals surface area (Å²) in [5, 5.41) is 14.4. The molecule has 2 aromatic carbocycles. The number of nitrogens with zero attached hydrogens (tertiary/aromatic N) is 1. The average Bonchev–Trinajstić information content (AvgIpc) is 2.53. The minimum Gasteiger partial charge on any atom is -0.495 e. The standard InChI is InChI=1S/C18H22N2O5S/c1-18(2,3)12-6-9-17(25-4)15(10-12)19-14-8-7-13(26(5,23)24)11-16(14)20(21)22/h6-11,19H,1-5H3. The molecule has 2 rings (SSSR count). The molecule has 0 radical (unpaired) electrons. The number of hydrogen-bond donors (Lipinski definition) is 1. The van der Waals surface area contributed by atoms with E-state index in [4.69, 9.17) is 4.74 Å². The lowest BCUT2D eigenvalue weighted by Gasteiger charge is -2.21. The molecular formula is C18H22N2O5S. The molecule has 7 nitrogen and oxygen atoms in total. The van der Waals surface area contributed by atoms with Crippen LogP contribution in [0.5, 0.6) is 5.75 Å². The van der Waals surface area contributed by atoms with E-state index in [0.29, 0.717) is 11.4 Å². The van der Waals surface area contributed by atoms with Crippen molar-refractivity contribution in [1.29, 1.82) is 0 Å². The van der Waals surface area contributed by atoms with Gasteiger partial charge in [-0.1, -0.05) is 26.8 Å². The topological polar surface area (TPSA) is 98.5 Å². The first kappa shape index (κ1) is 19.7. The lowest BCUT2D eigenvalue weighted by molar-refractivity contribution is -0.384. The minimum atomic E-state index is -3.54. The van der Waals surface area contributed by atoms with Crippen LogP contribution in [0.25, 0.3) is 0 Å². The molecule has 140 valence electrons. The summed E-state index contributed by atoms with van der Waals surface area (Å²) in [6.45, 7) is 6.17. The number of hydrogen-bond acceptors (Lipinski definition) is 6. The van der Waals surface area contributed by atoms with Gasteiger partial charge >= 0.3 is 0 Å². The Hall–Kier alpha value is -2.61. The van der Waals surface area contributed by atoms with Crippen LogP contribution in [0.2, 0.25) is 0 Å². The van der Waals surface area contributed by atoms with E-state index in [1.807, 2.05) is 12.1 Å². The summed E-state index contributed by atoms with van der Waals surface area (Å²) in [5.41, 5.74) is 1.34. The van der Waals surface area contributed by atoms with Crippen LogP contribution in [0.4, 0.5) is 17.1 Å². The zero-order chi connectivity index (χ0) is 19.7. The third kappa shape index (κ3) is 4.32. The van der Waals surface area contributed by atoms with Gasteiger partial charge in [-0.2, -0.15) is 0 Å². The third-order valence-corrected chi connectivity index (χ3v) is 5.04. The number of methoxy groups -OCH3 is 1. The van der Waals surface area contributed by atoms with Crippen LogP contribution in [-0.2, 0) is 15.3 Å². The van der Waals surface area contributed by atoms with Gasteiger partial charge in [0.1, 0.15) is 11.4 Å². The fourth-order valence-electron chi connectivity index (χ4n) is 2.42. The summed E-state index contributed by atoms with van der Waals surface area (Å²) in [7, 11) is -2.03. The summed E-state index contributed by atoms with van der Waals surface area (Å²) in [6, 6.07) is 9.37. The summed E-state index contributed by atoms with van der Waals surface area (Å²) in [6.07, 6.45) is 1.01. The third-order valence-electron chi connectivity index (χ3n) is 3.93. The number of sulfone groups is 1. The highest BCUT2D eigenvalue weighted by molar-refractivity contribution is 7.90. The highest BCUT2D eigenvalue weighted by Crippen LogP contribution is 2.36. The minimum absolute atomic E-state index is 0.106. The van der Waals surface area contributed by atoms with E-state index < -0.39 is 14.8 Å². The molecular weight excluding hydrogens is 356 g/mol. The van der Waals surface area contributed by atoms with Crippen molar-refractivity contribution in [3.05, 3.63) is 52.1 Å². The van der Waals surface area contributed by atoms with Crippen molar-refractivity contribution >= 4 is 26.9 Å². The summed E-state index contributed by atoms with van der Waals surface area (Å²) in [5.74, 6) is 0.527. The first-order chi connectivity index (χ1) is 11.9. The van der Waals surface area contributed by atoms with Gasteiger partial charge in [0.2, 0.25) is 0 Å².